The Hall–Kier alpha value is -3.95. The zero-order valence-corrected chi connectivity index (χ0v) is 25.3. The largest absolute Gasteiger partial charge is 0.357 e. The fourth-order valence-electron chi connectivity index (χ4n) is 4.57. The molecule has 0 aliphatic rings. The van der Waals surface area contributed by atoms with E-state index in [0.717, 1.165) is 21.0 Å². The van der Waals surface area contributed by atoms with E-state index in [9.17, 15) is 18.0 Å². The Balaban J connectivity index is 1.79. The van der Waals surface area contributed by atoms with Crippen LogP contribution in [0.25, 0.3) is 0 Å². The summed E-state index contributed by atoms with van der Waals surface area (Å²) in [5, 5.41) is 2.70. The first-order valence-corrected chi connectivity index (χ1v) is 15.4. The first kappa shape index (κ1) is 30.0. The number of carbonyl (C=O) groups is 2. The number of amides is 2. The number of rotatable bonds is 11. The molecule has 0 saturated heterocycles. The highest BCUT2D eigenvalue weighted by Gasteiger charge is 2.34. The van der Waals surface area contributed by atoms with Crippen LogP contribution in [0.5, 0.6) is 0 Å². The molecule has 1 N–H and O–H groups in total. The van der Waals surface area contributed by atoms with E-state index in [2.05, 4.69) is 21.2 Å². The van der Waals surface area contributed by atoms with E-state index >= 15 is 0 Å². The minimum atomic E-state index is -4.13. The lowest BCUT2D eigenvalue weighted by molar-refractivity contribution is -0.139. The molecule has 4 aromatic rings. The summed E-state index contributed by atoms with van der Waals surface area (Å²) < 4.78 is 29.6. The molecule has 212 valence electrons. The van der Waals surface area contributed by atoms with Gasteiger partial charge in [0.2, 0.25) is 11.8 Å². The van der Waals surface area contributed by atoms with Crippen molar-refractivity contribution in [1.82, 2.24) is 10.2 Å². The van der Waals surface area contributed by atoms with Crippen molar-refractivity contribution in [2.24, 2.45) is 0 Å². The average molecular weight is 635 g/mol. The van der Waals surface area contributed by atoms with Gasteiger partial charge in [-0.15, -0.1) is 0 Å². The lowest BCUT2D eigenvalue weighted by Crippen LogP contribution is -2.53. The third kappa shape index (κ3) is 7.42. The van der Waals surface area contributed by atoms with Crippen LogP contribution in [-0.4, -0.2) is 44.8 Å². The fraction of sp³-hybridized carbons (Fsp3) is 0.188. The molecule has 0 aromatic heterocycles. The Labute approximate surface area is 250 Å². The minimum absolute atomic E-state index is 0.0605. The number of benzene rings is 4. The van der Waals surface area contributed by atoms with Crippen LogP contribution in [0.15, 0.2) is 119 Å². The highest BCUT2D eigenvalue weighted by molar-refractivity contribution is 9.10. The molecule has 0 aliphatic heterocycles. The van der Waals surface area contributed by atoms with Gasteiger partial charge in [-0.3, -0.25) is 13.9 Å². The zero-order valence-electron chi connectivity index (χ0n) is 22.9. The second-order valence-corrected chi connectivity index (χ2v) is 12.4. The molecule has 41 heavy (non-hydrogen) atoms. The van der Waals surface area contributed by atoms with E-state index in [1.165, 1.54) is 24.1 Å². The molecule has 0 aliphatic carbocycles. The molecule has 0 fully saturated rings. The van der Waals surface area contributed by atoms with Crippen LogP contribution >= 0.6 is 15.9 Å². The van der Waals surface area contributed by atoms with Gasteiger partial charge in [0.05, 0.1) is 10.6 Å². The first-order valence-electron chi connectivity index (χ1n) is 13.1. The Kier molecular flexibility index (Phi) is 9.96. The fourth-order valence-corrected chi connectivity index (χ4v) is 6.39. The van der Waals surface area contributed by atoms with Crippen molar-refractivity contribution in [3.63, 3.8) is 0 Å². The minimum Gasteiger partial charge on any atom is -0.357 e. The quantitative estimate of drug-likeness (QED) is 0.242. The second kappa shape index (κ2) is 13.6. The number of anilines is 1. The third-order valence-electron chi connectivity index (χ3n) is 6.83. The number of hydrogen-bond acceptors (Lipinski definition) is 4. The Bertz CT molecular complexity index is 1600. The highest BCUT2D eigenvalue weighted by atomic mass is 79.9. The van der Waals surface area contributed by atoms with Crippen LogP contribution in [0, 0.1) is 6.92 Å². The van der Waals surface area contributed by atoms with E-state index in [1.54, 1.807) is 42.5 Å². The predicted molar refractivity (Wildman–Crippen MR) is 165 cm³/mol. The van der Waals surface area contributed by atoms with Gasteiger partial charge < -0.3 is 10.2 Å². The summed E-state index contributed by atoms with van der Waals surface area (Å²) in [5.74, 6) is -0.840. The Morgan fingerprint density at radius 1 is 0.854 bits per heavy atom. The first-order chi connectivity index (χ1) is 19.7. The molecule has 4 aromatic carbocycles. The van der Waals surface area contributed by atoms with Gasteiger partial charge in [-0.25, -0.2) is 8.42 Å². The normalized spacial score (nSPS) is 11.9. The van der Waals surface area contributed by atoms with Crippen molar-refractivity contribution in [2.45, 2.75) is 30.8 Å². The van der Waals surface area contributed by atoms with Crippen molar-refractivity contribution < 1.29 is 18.0 Å². The Morgan fingerprint density at radius 3 is 2.12 bits per heavy atom. The van der Waals surface area contributed by atoms with Crippen molar-refractivity contribution in [1.29, 1.82) is 0 Å². The molecule has 1 atom stereocenters. The summed E-state index contributed by atoms with van der Waals surface area (Å²) in [4.78, 5) is 29.1. The van der Waals surface area contributed by atoms with Gasteiger partial charge in [-0.2, -0.15) is 0 Å². The van der Waals surface area contributed by atoms with E-state index < -0.39 is 28.5 Å². The summed E-state index contributed by atoms with van der Waals surface area (Å²) in [6, 6.07) is 31.0. The van der Waals surface area contributed by atoms with Gasteiger partial charge in [0.15, 0.2) is 0 Å². The molecule has 0 radical (unpaired) electrons. The number of nitrogens with zero attached hydrogens (tertiary/aromatic N) is 2. The van der Waals surface area contributed by atoms with Crippen molar-refractivity contribution in [2.75, 3.05) is 17.9 Å². The van der Waals surface area contributed by atoms with Gasteiger partial charge in [0.1, 0.15) is 12.6 Å². The van der Waals surface area contributed by atoms with Crippen molar-refractivity contribution >= 4 is 43.5 Å². The predicted octanol–water partition coefficient (Wildman–Crippen LogP) is 5.34. The van der Waals surface area contributed by atoms with Crippen molar-refractivity contribution in [3.05, 3.63) is 130 Å². The maximum absolute atomic E-state index is 14.3. The lowest BCUT2D eigenvalue weighted by atomic mass is 10.0. The number of nitrogens with one attached hydrogen (secondary N) is 1. The molecule has 0 bridgehead atoms. The van der Waals surface area contributed by atoms with Gasteiger partial charge >= 0.3 is 0 Å². The van der Waals surface area contributed by atoms with Crippen LogP contribution in [0.1, 0.15) is 16.7 Å². The van der Waals surface area contributed by atoms with Crippen LogP contribution in [0.2, 0.25) is 0 Å². The van der Waals surface area contributed by atoms with Crippen LogP contribution < -0.4 is 9.62 Å². The van der Waals surface area contributed by atoms with E-state index in [-0.39, 0.29) is 23.8 Å². The number of halogens is 1. The monoisotopic (exact) mass is 633 g/mol. The maximum atomic E-state index is 14.3. The average Bonchev–Trinajstić information content (AvgIpc) is 2.99. The number of sulfonamides is 1. The smallest absolute Gasteiger partial charge is 0.264 e. The van der Waals surface area contributed by atoms with E-state index in [4.69, 9.17) is 0 Å². The van der Waals surface area contributed by atoms with Crippen LogP contribution in [0.4, 0.5) is 5.69 Å². The molecule has 9 heteroatoms. The number of carbonyl (C=O) groups excluding carboxylic acids is 2. The molecular formula is C32H32BrN3O4S. The van der Waals surface area contributed by atoms with E-state index in [0.29, 0.717) is 10.2 Å². The van der Waals surface area contributed by atoms with Gasteiger partial charge in [0.25, 0.3) is 10.0 Å². The SMILES string of the molecule is CNC(=O)[C@@H](Cc1ccccc1)N(Cc1ccccc1C)C(=O)CN(c1cccc(Br)c1)S(=O)(=O)c1ccccc1. The maximum Gasteiger partial charge on any atom is 0.264 e. The molecule has 7 nitrogen and oxygen atoms in total. The number of likely N-dealkylation sites (N-methyl/N-ethyl adjacent to an activating group) is 1. The van der Waals surface area contributed by atoms with Crippen molar-refractivity contribution in [3.8, 4) is 0 Å². The molecule has 0 spiro atoms. The number of hydrogen-bond donors (Lipinski definition) is 1. The number of aryl methyl sites for hydroxylation is 1. The molecule has 0 saturated carbocycles. The Morgan fingerprint density at radius 2 is 1.49 bits per heavy atom. The van der Waals surface area contributed by atoms with Crippen LogP contribution in [-0.2, 0) is 32.6 Å². The third-order valence-corrected chi connectivity index (χ3v) is 9.11. The molecular weight excluding hydrogens is 602 g/mol. The van der Waals surface area contributed by atoms with E-state index in [1.807, 2.05) is 61.5 Å². The van der Waals surface area contributed by atoms with Crippen LogP contribution in [0.3, 0.4) is 0 Å². The lowest BCUT2D eigenvalue weighted by Gasteiger charge is -2.34. The van der Waals surface area contributed by atoms with Gasteiger partial charge in [-0.1, -0.05) is 94.8 Å². The second-order valence-electron chi connectivity index (χ2n) is 9.57. The summed E-state index contributed by atoms with van der Waals surface area (Å²) >= 11 is 3.42. The molecule has 4 rings (SSSR count). The van der Waals surface area contributed by atoms with Gasteiger partial charge in [0, 0.05) is 24.5 Å². The summed E-state index contributed by atoms with van der Waals surface area (Å²) in [6.07, 6.45) is 0.264. The molecule has 0 unspecified atom stereocenters. The van der Waals surface area contributed by atoms with Gasteiger partial charge in [-0.05, 0) is 53.9 Å². The zero-order chi connectivity index (χ0) is 29.4. The highest BCUT2D eigenvalue weighted by Crippen LogP contribution is 2.27. The standard InChI is InChI=1S/C32H32BrN3O4S/c1-24-12-9-10-15-26(24)22-35(30(32(38)34-2)20-25-13-5-3-6-14-25)31(37)23-36(28-17-11-16-27(33)21-28)41(39,40)29-18-7-4-8-19-29/h3-19,21,30H,20,22-23H2,1-2H3,(H,34,38)/t30-/m1/s1. The molecule has 2 amide bonds. The summed E-state index contributed by atoms with van der Waals surface area (Å²) in [5.41, 5.74) is 3.03. The topological polar surface area (TPSA) is 86.8 Å². The summed E-state index contributed by atoms with van der Waals surface area (Å²) in [7, 11) is -2.59. The molecule has 0 heterocycles. The summed E-state index contributed by atoms with van der Waals surface area (Å²) in [6.45, 7) is 1.58.